The first kappa shape index (κ1) is 23.6. The van der Waals surface area contributed by atoms with Crippen LogP contribution in [0.2, 0.25) is 0 Å². The number of piperidine rings is 1. The van der Waals surface area contributed by atoms with Crippen molar-refractivity contribution >= 4 is 22.7 Å². The Morgan fingerprint density at radius 1 is 0.857 bits per heavy atom. The summed E-state index contributed by atoms with van der Waals surface area (Å²) in [7, 11) is 0. The minimum atomic E-state index is -0.265. The van der Waals surface area contributed by atoms with E-state index in [-0.39, 0.29) is 17.6 Å². The Kier molecular flexibility index (Phi) is 7.16. The van der Waals surface area contributed by atoms with Gasteiger partial charge in [-0.3, -0.25) is 9.59 Å². The number of rotatable bonds is 5. The number of benzene rings is 2. The maximum absolute atomic E-state index is 13.5. The highest BCUT2D eigenvalue weighted by Crippen LogP contribution is 2.32. The fourth-order valence-electron chi connectivity index (χ4n) is 5.64. The van der Waals surface area contributed by atoms with Crippen molar-refractivity contribution in [3.63, 3.8) is 0 Å². The molecule has 3 heterocycles. The van der Waals surface area contributed by atoms with Crippen molar-refractivity contribution in [1.82, 2.24) is 14.8 Å². The van der Waals surface area contributed by atoms with Gasteiger partial charge >= 0.3 is 0 Å². The number of hydrogen-bond donors (Lipinski definition) is 1. The number of amides is 2. The number of carbonyl (C=O) groups is 2. The molecule has 0 unspecified atom stereocenters. The van der Waals surface area contributed by atoms with Gasteiger partial charge in [0.25, 0.3) is 0 Å². The van der Waals surface area contributed by atoms with Gasteiger partial charge in [0.1, 0.15) is 5.82 Å². The van der Waals surface area contributed by atoms with Crippen LogP contribution in [0.1, 0.15) is 50.5 Å². The summed E-state index contributed by atoms with van der Waals surface area (Å²) in [5, 5.41) is 1.10. The van der Waals surface area contributed by atoms with Crippen LogP contribution in [0.15, 0.2) is 48.5 Å². The van der Waals surface area contributed by atoms with Crippen molar-refractivity contribution in [3.05, 3.63) is 59.9 Å². The molecule has 3 aromatic rings. The predicted molar refractivity (Wildman–Crippen MR) is 136 cm³/mol. The van der Waals surface area contributed by atoms with E-state index >= 15 is 0 Å². The van der Waals surface area contributed by atoms with Gasteiger partial charge in [-0.15, -0.1) is 0 Å². The molecule has 0 bridgehead atoms. The quantitative estimate of drug-likeness (QED) is 0.526. The number of nitrogens with zero attached hydrogens (tertiary/aromatic N) is 2. The van der Waals surface area contributed by atoms with Crippen LogP contribution < -0.4 is 0 Å². The third kappa shape index (κ3) is 5.26. The Labute approximate surface area is 206 Å². The van der Waals surface area contributed by atoms with Gasteiger partial charge < -0.3 is 14.8 Å². The Morgan fingerprint density at radius 2 is 1.54 bits per heavy atom. The number of aromatic amines is 1. The van der Waals surface area contributed by atoms with Gasteiger partial charge in [-0.25, -0.2) is 4.39 Å². The van der Waals surface area contributed by atoms with Crippen LogP contribution in [0.4, 0.5) is 4.39 Å². The summed E-state index contributed by atoms with van der Waals surface area (Å²) in [5.74, 6) is 0.220. The molecule has 2 fully saturated rings. The van der Waals surface area contributed by atoms with Crippen LogP contribution in [0.5, 0.6) is 0 Å². The number of likely N-dealkylation sites (tertiary alicyclic amines) is 2. The molecule has 5 nitrogen and oxygen atoms in total. The van der Waals surface area contributed by atoms with Crippen molar-refractivity contribution < 1.29 is 14.0 Å². The highest BCUT2D eigenvalue weighted by molar-refractivity contribution is 5.91. The molecule has 0 radical (unpaired) electrons. The van der Waals surface area contributed by atoms with E-state index in [1.165, 1.54) is 25.0 Å². The standard InChI is InChI=1S/C29H34FN3O2/c30-23-11-9-21(10-12-23)28-25(24-7-3-4-8-26(24)31-28)13-14-27(34)32-19-15-22(16-20-32)29(35)33-17-5-1-2-6-18-33/h3-4,7-12,22,31H,1-2,5-6,13-20H2. The lowest BCUT2D eigenvalue weighted by atomic mass is 9.94. The van der Waals surface area contributed by atoms with Gasteiger partial charge in [0.2, 0.25) is 11.8 Å². The van der Waals surface area contributed by atoms with Gasteiger partial charge in [0.05, 0.1) is 0 Å². The molecule has 35 heavy (non-hydrogen) atoms. The molecule has 0 saturated carbocycles. The zero-order valence-electron chi connectivity index (χ0n) is 20.3. The highest BCUT2D eigenvalue weighted by atomic mass is 19.1. The number of aryl methyl sites for hydroxylation is 1. The molecule has 6 heteroatoms. The monoisotopic (exact) mass is 475 g/mol. The average molecular weight is 476 g/mol. The molecule has 2 aliphatic heterocycles. The summed E-state index contributed by atoms with van der Waals surface area (Å²) in [6, 6.07) is 14.6. The number of nitrogens with one attached hydrogen (secondary N) is 1. The Hall–Kier alpha value is -3.15. The summed E-state index contributed by atoms with van der Waals surface area (Å²) in [6.45, 7) is 3.08. The molecular formula is C29H34FN3O2. The number of fused-ring (bicyclic) bond motifs is 1. The summed E-state index contributed by atoms with van der Waals surface area (Å²) >= 11 is 0. The Balaban J connectivity index is 1.22. The van der Waals surface area contributed by atoms with Crippen LogP contribution in [-0.2, 0) is 16.0 Å². The Bertz CT molecular complexity index is 1170. The molecule has 0 aliphatic carbocycles. The summed E-state index contributed by atoms with van der Waals surface area (Å²) in [4.78, 5) is 33.5. The lowest BCUT2D eigenvalue weighted by Gasteiger charge is -2.34. The number of halogens is 1. The lowest BCUT2D eigenvalue weighted by molar-refractivity contribution is -0.140. The van der Waals surface area contributed by atoms with E-state index in [2.05, 4.69) is 16.0 Å². The van der Waals surface area contributed by atoms with E-state index in [0.29, 0.717) is 31.8 Å². The van der Waals surface area contributed by atoms with Gasteiger partial charge in [0, 0.05) is 55.1 Å². The summed E-state index contributed by atoms with van der Waals surface area (Å²) in [5.41, 5.74) is 3.97. The first-order valence-corrected chi connectivity index (χ1v) is 13.0. The fraction of sp³-hybridized carbons (Fsp3) is 0.448. The molecule has 0 spiro atoms. The number of para-hydroxylation sites is 1. The van der Waals surface area contributed by atoms with Crippen molar-refractivity contribution in [2.75, 3.05) is 26.2 Å². The predicted octanol–water partition coefficient (Wildman–Crippen LogP) is 5.55. The van der Waals surface area contributed by atoms with E-state index in [4.69, 9.17) is 0 Å². The third-order valence-corrected chi connectivity index (χ3v) is 7.65. The molecule has 1 aromatic heterocycles. The zero-order valence-corrected chi connectivity index (χ0v) is 20.3. The van der Waals surface area contributed by atoms with E-state index in [1.807, 2.05) is 23.1 Å². The van der Waals surface area contributed by atoms with Crippen molar-refractivity contribution in [2.45, 2.75) is 51.4 Å². The minimum absolute atomic E-state index is 0.0517. The van der Waals surface area contributed by atoms with Crippen molar-refractivity contribution in [2.24, 2.45) is 5.92 Å². The topological polar surface area (TPSA) is 56.4 Å². The van der Waals surface area contributed by atoms with Crippen LogP contribution in [-0.4, -0.2) is 52.8 Å². The molecule has 184 valence electrons. The van der Waals surface area contributed by atoms with Crippen molar-refractivity contribution in [3.8, 4) is 11.3 Å². The van der Waals surface area contributed by atoms with Crippen molar-refractivity contribution in [1.29, 1.82) is 0 Å². The minimum Gasteiger partial charge on any atom is -0.354 e. The van der Waals surface area contributed by atoms with E-state index in [1.54, 1.807) is 12.1 Å². The van der Waals surface area contributed by atoms with E-state index in [9.17, 15) is 14.0 Å². The normalized spacial score (nSPS) is 17.5. The lowest BCUT2D eigenvalue weighted by Crippen LogP contribution is -2.44. The second-order valence-corrected chi connectivity index (χ2v) is 9.93. The van der Waals surface area contributed by atoms with Gasteiger partial charge in [-0.2, -0.15) is 0 Å². The third-order valence-electron chi connectivity index (χ3n) is 7.65. The van der Waals surface area contributed by atoms with Crippen LogP contribution in [0.3, 0.4) is 0 Å². The molecule has 1 N–H and O–H groups in total. The molecule has 2 saturated heterocycles. The largest absolute Gasteiger partial charge is 0.354 e. The van der Waals surface area contributed by atoms with Gasteiger partial charge in [0.15, 0.2) is 0 Å². The van der Waals surface area contributed by atoms with E-state index < -0.39 is 0 Å². The molecule has 2 aliphatic rings. The number of H-pyrrole nitrogens is 1. The maximum atomic E-state index is 13.5. The number of hydrogen-bond acceptors (Lipinski definition) is 2. The van der Waals surface area contributed by atoms with Gasteiger partial charge in [-0.05, 0) is 73.6 Å². The zero-order chi connectivity index (χ0) is 24.2. The van der Waals surface area contributed by atoms with Gasteiger partial charge in [-0.1, -0.05) is 31.0 Å². The molecule has 5 rings (SSSR count). The maximum Gasteiger partial charge on any atom is 0.225 e. The Morgan fingerprint density at radius 3 is 2.26 bits per heavy atom. The first-order valence-electron chi connectivity index (χ1n) is 13.0. The second-order valence-electron chi connectivity index (χ2n) is 9.93. The number of aromatic nitrogens is 1. The smallest absolute Gasteiger partial charge is 0.225 e. The van der Waals surface area contributed by atoms with E-state index in [0.717, 1.165) is 66.5 Å². The number of carbonyl (C=O) groups excluding carboxylic acids is 2. The van der Waals surface area contributed by atoms with Crippen LogP contribution in [0.25, 0.3) is 22.2 Å². The molecular weight excluding hydrogens is 441 g/mol. The van der Waals surface area contributed by atoms with Crippen LogP contribution in [0, 0.1) is 11.7 Å². The first-order chi connectivity index (χ1) is 17.1. The van der Waals surface area contributed by atoms with Crippen LogP contribution >= 0.6 is 0 Å². The molecule has 2 amide bonds. The summed E-state index contributed by atoms with van der Waals surface area (Å²) < 4.78 is 13.5. The average Bonchev–Trinajstić information content (AvgIpc) is 3.05. The molecule has 0 atom stereocenters. The molecule has 2 aromatic carbocycles. The summed E-state index contributed by atoms with van der Waals surface area (Å²) in [6.07, 6.45) is 7.20. The fourth-order valence-corrected chi connectivity index (χ4v) is 5.64. The second kappa shape index (κ2) is 10.6. The highest BCUT2D eigenvalue weighted by Gasteiger charge is 2.30. The SMILES string of the molecule is O=C(CCc1c(-c2ccc(F)cc2)[nH]c2ccccc12)N1CCC(C(=O)N2CCCCCC2)CC1.